The van der Waals surface area contributed by atoms with Crippen molar-refractivity contribution in [1.29, 1.82) is 0 Å². The monoisotopic (exact) mass is 399 g/mol. The predicted octanol–water partition coefficient (Wildman–Crippen LogP) is 4.00. The third-order valence-electron chi connectivity index (χ3n) is 4.35. The molecule has 5 rings (SSSR count). The van der Waals surface area contributed by atoms with Gasteiger partial charge in [0.1, 0.15) is 18.1 Å². The maximum Gasteiger partial charge on any atom is 0.393 e. The first-order valence-corrected chi connectivity index (χ1v) is 9.40. The highest BCUT2D eigenvalue weighted by Gasteiger charge is 2.26. The minimum atomic E-state index is -0.512. The number of benzene rings is 1. The number of thiazole rings is 1. The van der Waals surface area contributed by atoms with E-state index < -0.39 is 4.92 Å². The van der Waals surface area contributed by atoms with Gasteiger partial charge in [0, 0.05) is 17.6 Å². The molecule has 142 valence electrons. The number of rotatable bonds is 5. The second kappa shape index (κ2) is 6.69. The Morgan fingerprint density at radius 3 is 2.89 bits per heavy atom. The van der Waals surface area contributed by atoms with Crippen LogP contribution >= 0.6 is 11.3 Å². The third kappa shape index (κ3) is 2.90. The van der Waals surface area contributed by atoms with Crippen molar-refractivity contribution in [2.75, 3.05) is 6.61 Å². The summed E-state index contributed by atoms with van der Waals surface area (Å²) in [6.45, 7) is 0.701. The van der Waals surface area contributed by atoms with Crippen molar-refractivity contribution in [2.24, 2.45) is 0 Å². The van der Waals surface area contributed by atoms with Gasteiger partial charge in [-0.3, -0.25) is 0 Å². The van der Waals surface area contributed by atoms with Crippen LogP contribution in [-0.2, 0) is 4.74 Å². The van der Waals surface area contributed by atoms with E-state index in [1.54, 1.807) is 35.8 Å². The van der Waals surface area contributed by atoms with Gasteiger partial charge in [0.15, 0.2) is 0 Å². The fourth-order valence-corrected chi connectivity index (χ4v) is 3.73. The number of hydrogen-bond acceptors (Lipinski definition) is 9. The lowest BCUT2D eigenvalue weighted by molar-refractivity contribution is -0.391. The van der Waals surface area contributed by atoms with Gasteiger partial charge in [-0.25, -0.2) is 0 Å². The molecule has 1 aromatic carbocycles. The van der Waals surface area contributed by atoms with Crippen LogP contribution in [0.25, 0.3) is 16.3 Å². The molecule has 1 aliphatic rings. The van der Waals surface area contributed by atoms with Crippen LogP contribution < -0.4 is 4.74 Å². The summed E-state index contributed by atoms with van der Waals surface area (Å²) in [4.78, 5) is 19.9. The van der Waals surface area contributed by atoms with E-state index in [0.29, 0.717) is 29.0 Å². The van der Waals surface area contributed by atoms with E-state index in [1.165, 1.54) is 15.7 Å². The molecule has 0 N–H and O–H groups in total. The highest BCUT2D eigenvalue weighted by molar-refractivity contribution is 7.15. The molecule has 4 heterocycles. The van der Waals surface area contributed by atoms with Crippen LogP contribution in [-0.4, -0.2) is 31.1 Å². The van der Waals surface area contributed by atoms with Crippen LogP contribution in [0.4, 0.5) is 5.82 Å². The summed E-state index contributed by atoms with van der Waals surface area (Å²) >= 11 is 1.29. The molecule has 1 saturated heterocycles. The Morgan fingerprint density at radius 1 is 1.29 bits per heavy atom. The Kier molecular flexibility index (Phi) is 4.02. The number of imidazole rings is 1. The summed E-state index contributed by atoms with van der Waals surface area (Å²) in [5, 5.41) is 17.1. The predicted molar refractivity (Wildman–Crippen MR) is 97.5 cm³/mol. The minimum absolute atomic E-state index is 0.0511. The fourth-order valence-electron chi connectivity index (χ4n) is 3.03. The number of aromatic nitrogens is 4. The number of ether oxygens (including phenoxy) is 2. The van der Waals surface area contributed by atoms with Crippen molar-refractivity contribution < 1.29 is 18.9 Å². The summed E-state index contributed by atoms with van der Waals surface area (Å²) < 4.78 is 17.9. The fraction of sp³-hybridized carbons (Fsp3) is 0.235. The van der Waals surface area contributed by atoms with Crippen molar-refractivity contribution in [2.45, 2.75) is 18.9 Å². The van der Waals surface area contributed by atoms with Gasteiger partial charge in [-0.05, 0) is 42.0 Å². The summed E-state index contributed by atoms with van der Waals surface area (Å²) in [7, 11) is 0. The van der Waals surface area contributed by atoms with Crippen LogP contribution in [0.5, 0.6) is 11.6 Å². The van der Waals surface area contributed by atoms with E-state index in [9.17, 15) is 10.1 Å². The summed E-state index contributed by atoms with van der Waals surface area (Å²) in [6, 6.07) is 6.86. The largest absolute Gasteiger partial charge is 0.433 e. The first-order valence-electron chi connectivity index (χ1n) is 8.52. The molecule has 0 spiro atoms. The van der Waals surface area contributed by atoms with Gasteiger partial charge in [-0.15, -0.1) is 0 Å². The van der Waals surface area contributed by atoms with Crippen molar-refractivity contribution in [3.8, 4) is 23.0 Å². The second-order valence-corrected chi connectivity index (χ2v) is 7.01. The highest BCUT2D eigenvalue weighted by Crippen LogP contribution is 2.34. The average Bonchev–Trinajstić information content (AvgIpc) is 3.45. The molecule has 10 nitrogen and oxygen atoms in total. The normalized spacial score (nSPS) is 16.6. The van der Waals surface area contributed by atoms with E-state index in [1.807, 2.05) is 0 Å². The maximum atomic E-state index is 11.4. The lowest BCUT2D eigenvalue weighted by Crippen LogP contribution is -1.96. The third-order valence-corrected chi connectivity index (χ3v) is 5.11. The molecule has 28 heavy (non-hydrogen) atoms. The van der Waals surface area contributed by atoms with Crippen molar-refractivity contribution in [3.63, 3.8) is 0 Å². The van der Waals surface area contributed by atoms with Gasteiger partial charge >= 0.3 is 11.7 Å². The Morgan fingerprint density at radius 2 is 2.14 bits per heavy atom. The highest BCUT2D eigenvalue weighted by atomic mass is 32.1. The topological polar surface area (TPSA) is 118 Å². The van der Waals surface area contributed by atoms with Gasteiger partial charge in [0.2, 0.25) is 5.82 Å². The van der Waals surface area contributed by atoms with Crippen molar-refractivity contribution in [1.82, 2.24) is 19.5 Å². The first kappa shape index (κ1) is 16.8. The zero-order valence-electron chi connectivity index (χ0n) is 14.3. The molecule has 0 aliphatic carbocycles. The van der Waals surface area contributed by atoms with Gasteiger partial charge < -0.3 is 24.1 Å². The first-order chi connectivity index (χ1) is 13.7. The maximum absolute atomic E-state index is 11.4. The molecule has 11 heteroatoms. The van der Waals surface area contributed by atoms with Gasteiger partial charge in [-0.2, -0.15) is 14.4 Å². The van der Waals surface area contributed by atoms with Gasteiger partial charge in [0.25, 0.3) is 10.9 Å². The smallest absolute Gasteiger partial charge is 0.393 e. The molecular weight excluding hydrogens is 386 g/mol. The molecule has 1 unspecified atom stereocenters. The molecule has 0 bridgehead atoms. The Balaban J connectivity index is 1.38. The quantitative estimate of drug-likeness (QED) is 0.365. The second-order valence-electron chi connectivity index (χ2n) is 6.14. The van der Waals surface area contributed by atoms with E-state index in [-0.39, 0.29) is 17.8 Å². The lowest BCUT2D eigenvalue weighted by atomic mass is 10.2. The van der Waals surface area contributed by atoms with E-state index >= 15 is 0 Å². The molecule has 0 radical (unpaired) electrons. The SMILES string of the molecule is O=[N+]([O-])c1c(Oc2ccc(-c3noc(C4CCCO4)n3)cc2)nc2sccn12. The zero-order chi connectivity index (χ0) is 19.1. The Bertz CT molecular complexity index is 1140. The van der Waals surface area contributed by atoms with Crippen molar-refractivity contribution >= 4 is 22.1 Å². The lowest BCUT2D eigenvalue weighted by Gasteiger charge is -2.03. The summed E-state index contributed by atoms with van der Waals surface area (Å²) in [6.07, 6.45) is 3.30. The van der Waals surface area contributed by atoms with Crippen LogP contribution in [0.3, 0.4) is 0 Å². The van der Waals surface area contributed by atoms with E-state index in [0.717, 1.165) is 18.4 Å². The average molecular weight is 399 g/mol. The number of nitro groups is 1. The van der Waals surface area contributed by atoms with Crippen LogP contribution in [0.1, 0.15) is 24.8 Å². The van der Waals surface area contributed by atoms with Crippen LogP contribution in [0, 0.1) is 10.1 Å². The zero-order valence-corrected chi connectivity index (χ0v) is 15.2. The summed E-state index contributed by atoms with van der Waals surface area (Å²) in [5.41, 5.74) is 0.737. The molecule has 1 fully saturated rings. The number of fused-ring (bicyclic) bond motifs is 1. The van der Waals surface area contributed by atoms with Gasteiger partial charge in [-0.1, -0.05) is 16.5 Å². The van der Waals surface area contributed by atoms with Gasteiger partial charge in [0.05, 0.1) is 0 Å². The number of hydrogen-bond donors (Lipinski definition) is 0. The van der Waals surface area contributed by atoms with E-state index in [2.05, 4.69) is 15.1 Å². The summed E-state index contributed by atoms with van der Waals surface area (Å²) in [5.74, 6) is 1.08. The van der Waals surface area contributed by atoms with Crippen LogP contribution in [0.2, 0.25) is 0 Å². The molecule has 0 amide bonds. The Labute approximate surface area is 161 Å². The molecule has 3 aromatic heterocycles. The molecule has 1 atom stereocenters. The molecular formula is C17H13N5O5S. The van der Waals surface area contributed by atoms with E-state index in [4.69, 9.17) is 14.0 Å². The minimum Gasteiger partial charge on any atom is -0.433 e. The van der Waals surface area contributed by atoms with Crippen molar-refractivity contribution in [3.05, 3.63) is 51.8 Å². The van der Waals surface area contributed by atoms with Crippen LogP contribution in [0.15, 0.2) is 40.4 Å². The molecule has 4 aromatic rings. The number of nitrogens with zero attached hydrogens (tertiary/aromatic N) is 5. The Hall–Kier alpha value is -3.31. The standard InChI is InChI=1S/C17H13N5O5S/c23-22(24)16-15(19-17-21(16)7-9-28-17)26-11-5-3-10(4-6-11)13-18-14(27-20-13)12-2-1-8-25-12/h3-7,9,12H,1-2,8H2. The molecule has 1 aliphatic heterocycles. The molecule has 0 saturated carbocycles.